The summed E-state index contributed by atoms with van der Waals surface area (Å²) in [6, 6.07) is 57.4. The Hall–Kier alpha value is -6.19. The van der Waals surface area contributed by atoms with Gasteiger partial charge in [-0.2, -0.15) is 0 Å². The Morgan fingerprint density at radius 2 is 0.804 bits per heavy atom. The number of benzene rings is 7. The van der Waals surface area contributed by atoms with Crippen LogP contribution in [0.4, 0.5) is 0 Å². The first-order valence-corrected chi connectivity index (χ1v) is 15.5. The first-order chi connectivity index (χ1) is 22.8. The van der Waals surface area contributed by atoms with Gasteiger partial charge >= 0.3 is 0 Å². The highest BCUT2D eigenvalue weighted by Gasteiger charge is 2.28. The van der Waals surface area contributed by atoms with Gasteiger partial charge in [0.25, 0.3) is 0 Å². The summed E-state index contributed by atoms with van der Waals surface area (Å²) in [6.07, 6.45) is 0. The van der Waals surface area contributed by atoms with Crippen LogP contribution in [0, 0.1) is 0 Å². The zero-order chi connectivity index (χ0) is 30.5. The summed E-state index contributed by atoms with van der Waals surface area (Å²) in [5.74, 6) is 1.99. The maximum atomic E-state index is 5.11. The highest BCUT2D eigenvalue weighted by atomic mass is 15.0. The average molecular weight is 586 g/mol. The minimum absolute atomic E-state index is 0.662. The Kier molecular flexibility index (Phi) is 6.14. The zero-order valence-corrected chi connectivity index (χ0v) is 24.9. The molecule has 0 spiro atoms. The molecule has 46 heavy (non-hydrogen) atoms. The van der Waals surface area contributed by atoms with Gasteiger partial charge in [-0.05, 0) is 61.8 Å². The fourth-order valence-corrected chi connectivity index (χ4v) is 6.77. The number of hydrogen-bond acceptors (Lipinski definition) is 3. The normalized spacial score (nSPS) is 11.5. The highest BCUT2D eigenvalue weighted by Crippen LogP contribution is 2.54. The smallest absolute Gasteiger partial charge is 0.164 e. The lowest BCUT2D eigenvalue weighted by molar-refractivity contribution is 1.07. The summed E-state index contributed by atoms with van der Waals surface area (Å²) < 4.78 is 0. The molecule has 1 heterocycles. The molecule has 3 heteroatoms. The molecule has 8 aromatic rings. The van der Waals surface area contributed by atoms with Gasteiger partial charge in [-0.1, -0.05) is 152 Å². The first kappa shape index (κ1) is 26.2. The van der Waals surface area contributed by atoms with Crippen molar-refractivity contribution in [3.63, 3.8) is 0 Å². The van der Waals surface area contributed by atoms with Crippen molar-refractivity contribution in [1.29, 1.82) is 0 Å². The van der Waals surface area contributed by atoms with Gasteiger partial charge < -0.3 is 0 Å². The largest absolute Gasteiger partial charge is 0.208 e. The molecule has 1 aliphatic rings. The van der Waals surface area contributed by atoms with Crippen molar-refractivity contribution >= 4 is 10.8 Å². The van der Waals surface area contributed by atoms with Gasteiger partial charge in [0.15, 0.2) is 17.5 Å². The number of hydrogen-bond donors (Lipinski definition) is 0. The van der Waals surface area contributed by atoms with E-state index in [0.717, 1.165) is 16.7 Å². The molecule has 0 bridgehead atoms. The third-order valence-electron chi connectivity index (χ3n) is 8.87. The van der Waals surface area contributed by atoms with Crippen molar-refractivity contribution in [1.82, 2.24) is 15.0 Å². The summed E-state index contributed by atoms with van der Waals surface area (Å²) in [6.45, 7) is 0. The van der Waals surface area contributed by atoms with Gasteiger partial charge in [0.1, 0.15) is 0 Å². The van der Waals surface area contributed by atoms with E-state index in [1.807, 2.05) is 36.4 Å². The molecule has 214 valence electrons. The van der Waals surface area contributed by atoms with Gasteiger partial charge in [0.2, 0.25) is 0 Å². The molecule has 1 aliphatic carbocycles. The van der Waals surface area contributed by atoms with Gasteiger partial charge in [-0.25, -0.2) is 15.0 Å². The predicted molar refractivity (Wildman–Crippen MR) is 189 cm³/mol. The van der Waals surface area contributed by atoms with Crippen LogP contribution in [-0.4, -0.2) is 15.0 Å². The summed E-state index contributed by atoms with van der Waals surface area (Å²) in [4.78, 5) is 15.2. The van der Waals surface area contributed by atoms with E-state index < -0.39 is 0 Å². The van der Waals surface area contributed by atoms with Gasteiger partial charge in [-0.15, -0.1) is 0 Å². The molecule has 0 aliphatic heterocycles. The van der Waals surface area contributed by atoms with Crippen LogP contribution in [-0.2, 0) is 0 Å². The zero-order valence-electron chi connectivity index (χ0n) is 24.9. The second-order valence-corrected chi connectivity index (χ2v) is 11.6. The van der Waals surface area contributed by atoms with Crippen molar-refractivity contribution in [2.45, 2.75) is 0 Å². The second kappa shape index (κ2) is 10.8. The van der Waals surface area contributed by atoms with Gasteiger partial charge in [-0.3, -0.25) is 0 Å². The third kappa shape index (κ3) is 4.33. The molecule has 0 saturated carbocycles. The van der Waals surface area contributed by atoms with E-state index in [9.17, 15) is 0 Å². The summed E-state index contributed by atoms with van der Waals surface area (Å²) in [7, 11) is 0. The Labute approximate surface area is 267 Å². The molecular weight excluding hydrogens is 558 g/mol. The Morgan fingerprint density at radius 1 is 0.283 bits per heavy atom. The lowest BCUT2D eigenvalue weighted by Gasteiger charge is -2.13. The quantitative estimate of drug-likeness (QED) is 0.202. The summed E-state index contributed by atoms with van der Waals surface area (Å²) in [5.41, 5.74) is 12.6. The minimum Gasteiger partial charge on any atom is -0.208 e. The molecule has 0 radical (unpaired) electrons. The standard InChI is InChI=1S/C43H27N3/c1-4-13-28(14-5-1)32-20-10-21-33(27-32)34-22-12-24-36-39(34)35-23-11-19-29-25-26-37(40(36)38(29)35)43-45-41(30-15-6-2-7-16-30)44-42(46-43)31-17-8-3-9-18-31/h1-27H. The predicted octanol–water partition coefficient (Wildman–Crippen LogP) is 11.0. The second-order valence-electron chi connectivity index (χ2n) is 11.6. The Morgan fingerprint density at radius 3 is 1.50 bits per heavy atom. The van der Waals surface area contributed by atoms with Crippen molar-refractivity contribution < 1.29 is 0 Å². The number of rotatable bonds is 5. The Balaban J connectivity index is 1.28. The monoisotopic (exact) mass is 585 g/mol. The van der Waals surface area contributed by atoms with Crippen LogP contribution in [0.3, 0.4) is 0 Å². The molecule has 9 rings (SSSR count). The third-order valence-corrected chi connectivity index (χ3v) is 8.87. The van der Waals surface area contributed by atoms with E-state index in [1.165, 1.54) is 55.3 Å². The van der Waals surface area contributed by atoms with E-state index in [4.69, 9.17) is 15.0 Å². The molecule has 0 saturated heterocycles. The van der Waals surface area contributed by atoms with Gasteiger partial charge in [0, 0.05) is 22.3 Å². The molecule has 0 amide bonds. The van der Waals surface area contributed by atoms with E-state index in [0.29, 0.717) is 17.5 Å². The maximum Gasteiger partial charge on any atom is 0.164 e. The number of nitrogens with zero attached hydrogens (tertiary/aromatic N) is 3. The minimum atomic E-state index is 0.662. The van der Waals surface area contributed by atoms with E-state index >= 15 is 0 Å². The lowest BCUT2D eigenvalue weighted by Crippen LogP contribution is -2.01. The van der Waals surface area contributed by atoms with E-state index in [-0.39, 0.29) is 0 Å². The molecule has 0 N–H and O–H groups in total. The molecular formula is C43H27N3. The molecule has 0 fully saturated rings. The first-order valence-electron chi connectivity index (χ1n) is 15.5. The summed E-state index contributed by atoms with van der Waals surface area (Å²) >= 11 is 0. The molecule has 3 nitrogen and oxygen atoms in total. The molecule has 7 aromatic carbocycles. The van der Waals surface area contributed by atoms with Crippen LogP contribution in [0.5, 0.6) is 0 Å². The van der Waals surface area contributed by atoms with Crippen molar-refractivity contribution in [3.8, 4) is 78.7 Å². The Bertz CT molecular complexity index is 2340. The topological polar surface area (TPSA) is 38.7 Å². The van der Waals surface area contributed by atoms with Crippen LogP contribution in [0.15, 0.2) is 164 Å². The molecule has 1 aromatic heterocycles. The molecule has 0 atom stereocenters. The fraction of sp³-hybridized carbons (Fsp3) is 0. The SMILES string of the molecule is c1ccc(-c2cccc(-c3cccc4c3-c3cccc5ccc(-c6nc(-c7ccccc7)nc(-c7ccccc7)n6)c-4c35)c2)cc1. The van der Waals surface area contributed by atoms with Crippen LogP contribution < -0.4 is 0 Å². The summed E-state index contributed by atoms with van der Waals surface area (Å²) in [5, 5.41) is 2.45. The van der Waals surface area contributed by atoms with Crippen molar-refractivity contribution in [3.05, 3.63) is 164 Å². The van der Waals surface area contributed by atoms with Crippen LogP contribution in [0.1, 0.15) is 0 Å². The fourth-order valence-electron chi connectivity index (χ4n) is 6.77. The van der Waals surface area contributed by atoms with E-state index in [1.54, 1.807) is 0 Å². The molecule has 0 unspecified atom stereocenters. The number of aromatic nitrogens is 3. The average Bonchev–Trinajstić information content (AvgIpc) is 3.49. The number of fused-ring (bicyclic) bond motifs is 3. The highest BCUT2D eigenvalue weighted by molar-refractivity contribution is 6.21. The van der Waals surface area contributed by atoms with Crippen LogP contribution >= 0.6 is 0 Å². The van der Waals surface area contributed by atoms with Gasteiger partial charge in [0.05, 0.1) is 0 Å². The van der Waals surface area contributed by atoms with Crippen LogP contribution in [0.2, 0.25) is 0 Å². The van der Waals surface area contributed by atoms with Crippen molar-refractivity contribution in [2.24, 2.45) is 0 Å². The van der Waals surface area contributed by atoms with Crippen molar-refractivity contribution in [2.75, 3.05) is 0 Å². The lowest BCUT2D eigenvalue weighted by atomic mass is 9.91. The van der Waals surface area contributed by atoms with Crippen LogP contribution in [0.25, 0.3) is 89.4 Å². The van der Waals surface area contributed by atoms with E-state index in [2.05, 4.69) is 127 Å². The maximum absolute atomic E-state index is 5.11.